The van der Waals surface area contributed by atoms with Gasteiger partial charge in [-0.3, -0.25) is 9.20 Å². The van der Waals surface area contributed by atoms with Crippen LogP contribution in [0.4, 0.5) is 0 Å². The maximum absolute atomic E-state index is 11.5. The van der Waals surface area contributed by atoms with Crippen molar-refractivity contribution in [2.24, 2.45) is 0 Å². The molecule has 66 valence electrons. The van der Waals surface area contributed by atoms with Gasteiger partial charge in [-0.1, -0.05) is 13.0 Å². The van der Waals surface area contributed by atoms with E-state index in [-0.39, 0.29) is 5.56 Å². The van der Waals surface area contributed by atoms with E-state index in [0.717, 1.165) is 12.1 Å². The first kappa shape index (κ1) is 7.98. The zero-order valence-electron chi connectivity index (χ0n) is 7.40. The molecule has 2 rings (SSSR count). The Labute approximate surface area is 75.7 Å². The van der Waals surface area contributed by atoms with E-state index >= 15 is 0 Å². The molecule has 0 bridgehead atoms. The lowest BCUT2D eigenvalue weighted by Gasteiger charge is -2.00. The Kier molecular flexibility index (Phi) is 1.85. The number of aryl methyl sites for hydroxylation is 1. The van der Waals surface area contributed by atoms with Gasteiger partial charge in [0.05, 0.1) is 0 Å². The largest absolute Gasteiger partial charge is 0.269 e. The van der Waals surface area contributed by atoms with Gasteiger partial charge in [0.2, 0.25) is 0 Å². The highest BCUT2D eigenvalue weighted by atomic mass is 16.1. The average Bonchev–Trinajstić information content (AvgIpc) is 2.18. The van der Waals surface area contributed by atoms with E-state index in [4.69, 9.17) is 0 Å². The molecule has 0 aromatic carbocycles. The Hall–Kier alpha value is -1.64. The summed E-state index contributed by atoms with van der Waals surface area (Å²) in [6.07, 6.45) is 2.52. The predicted octanol–water partition coefficient (Wildman–Crippen LogP) is 1.26. The van der Waals surface area contributed by atoms with E-state index in [2.05, 4.69) is 4.98 Å². The lowest BCUT2D eigenvalue weighted by Crippen LogP contribution is -2.14. The van der Waals surface area contributed by atoms with Crippen molar-refractivity contribution in [3.8, 4) is 0 Å². The summed E-state index contributed by atoms with van der Waals surface area (Å²) >= 11 is 0. The molecule has 0 amide bonds. The van der Waals surface area contributed by atoms with Crippen LogP contribution < -0.4 is 5.56 Å². The summed E-state index contributed by atoms with van der Waals surface area (Å²) in [5.74, 6) is 0. The smallest absolute Gasteiger partial charge is 0.258 e. The van der Waals surface area contributed by atoms with Crippen molar-refractivity contribution in [2.75, 3.05) is 0 Å². The summed E-state index contributed by atoms with van der Waals surface area (Å²) in [6.45, 7) is 1.99. The van der Waals surface area contributed by atoms with Crippen molar-refractivity contribution in [2.45, 2.75) is 13.3 Å². The fourth-order valence-electron chi connectivity index (χ4n) is 1.28. The van der Waals surface area contributed by atoms with Crippen molar-refractivity contribution in [1.29, 1.82) is 0 Å². The monoisotopic (exact) mass is 174 g/mol. The molecular formula is C10H10N2O. The number of pyridine rings is 1. The van der Waals surface area contributed by atoms with Crippen LogP contribution in [0.3, 0.4) is 0 Å². The van der Waals surface area contributed by atoms with Crippen molar-refractivity contribution in [3.63, 3.8) is 0 Å². The van der Waals surface area contributed by atoms with E-state index in [9.17, 15) is 4.79 Å². The minimum absolute atomic E-state index is 0.0116. The van der Waals surface area contributed by atoms with Gasteiger partial charge in [0.25, 0.3) is 5.56 Å². The van der Waals surface area contributed by atoms with E-state index in [1.807, 2.05) is 25.1 Å². The molecule has 0 aliphatic rings. The second-order valence-electron chi connectivity index (χ2n) is 2.87. The molecule has 0 saturated heterocycles. The molecule has 2 aromatic heterocycles. The highest BCUT2D eigenvalue weighted by molar-refractivity contribution is 5.37. The normalized spacial score (nSPS) is 10.5. The van der Waals surface area contributed by atoms with Gasteiger partial charge in [-0.15, -0.1) is 0 Å². The molecule has 2 heterocycles. The number of nitrogens with zero attached hydrogens (tertiary/aromatic N) is 2. The quantitative estimate of drug-likeness (QED) is 0.652. The van der Waals surface area contributed by atoms with E-state index < -0.39 is 0 Å². The summed E-state index contributed by atoms with van der Waals surface area (Å²) in [5, 5.41) is 0. The minimum Gasteiger partial charge on any atom is -0.269 e. The molecule has 0 spiro atoms. The highest BCUT2D eigenvalue weighted by Crippen LogP contribution is 1.98. The van der Waals surface area contributed by atoms with Gasteiger partial charge in [0.1, 0.15) is 5.65 Å². The molecule has 2 aromatic rings. The zero-order valence-corrected chi connectivity index (χ0v) is 7.40. The molecule has 0 radical (unpaired) electrons. The summed E-state index contributed by atoms with van der Waals surface area (Å²) in [7, 11) is 0. The lowest BCUT2D eigenvalue weighted by molar-refractivity contribution is 0.966. The summed E-state index contributed by atoms with van der Waals surface area (Å²) in [6, 6.07) is 7.11. The SMILES string of the molecule is CCc1cc(=O)n2ccccc2n1. The molecule has 0 N–H and O–H groups in total. The molecule has 0 atom stereocenters. The molecule has 0 aliphatic carbocycles. The van der Waals surface area contributed by atoms with Crippen LogP contribution in [0.2, 0.25) is 0 Å². The Morgan fingerprint density at radius 3 is 3.08 bits per heavy atom. The molecule has 0 aliphatic heterocycles. The topological polar surface area (TPSA) is 34.4 Å². The third-order valence-corrected chi connectivity index (χ3v) is 1.99. The van der Waals surface area contributed by atoms with Crippen molar-refractivity contribution < 1.29 is 0 Å². The van der Waals surface area contributed by atoms with Gasteiger partial charge in [-0.2, -0.15) is 0 Å². The lowest BCUT2D eigenvalue weighted by atomic mass is 10.3. The average molecular weight is 174 g/mol. The van der Waals surface area contributed by atoms with Gasteiger partial charge in [-0.05, 0) is 18.6 Å². The number of rotatable bonds is 1. The second kappa shape index (κ2) is 3.01. The van der Waals surface area contributed by atoms with Gasteiger partial charge >= 0.3 is 0 Å². The summed E-state index contributed by atoms with van der Waals surface area (Å²) in [4.78, 5) is 15.8. The maximum Gasteiger partial charge on any atom is 0.258 e. The molecular weight excluding hydrogens is 164 g/mol. The van der Waals surface area contributed by atoms with Crippen LogP contribution >= 0.6 is 0 Å². The fraction of sp³-hybridized carbons (Fsp3) is 0.200. The van der Waals surface area contributed by atoms with Crippen LogP contribution in [0.15, 0.2) is 35.3 Å². The number of hydrogen-bond donors (Lipinski definition) is 0. The van der Waals surface area contributed by atoms with Crippen molar-refractivity contribution in [3.05, 3.63) is 46.5 Å². The number of aromatic nitrogens is 2. The van der Waals surface area contributed by atoms with Crippen LogP contribution in [0.25, 0.3) is 5.65 Å². The molecule has 0 unspecified atom stereocenters. The third-order valence-electron chi connectivity index (χ3n) is 1.99. The van der Waals surface area contributed by atoms with Crippen LogP contribution in [-0.4, -0.2) is 9.38 Å². The number of hydrogen-bond acceptors (Lipinski definition) is 2. The Morgan fingerprint density at radius 1 is 1.46 bits per heavy atom. The van der Waals surface area contributed by atoms with E-state index in [1.54, 1.807) is 16.7 Å². The van der Waals surface area contributed by atoms with Gasteiger partial charge in [0, 0.05) is 18.0 Å². The van der Waals surface area contributed by atoms with Crippen LogP contribution in [0.1, 0.15) is 12.6 Å². The Balaban J connectivity index is 2.85. The van der Waals surface area contributed by atoms with Gasteiger partial charge in [-0.25, -0.2) is 4.98 Å². The molecule has 3 nitrogen and oxygen atoms in total. The second-order valence-corrected chi connectivity index (χ2v) is 2.87. The van der Waals surface area contributed by atoms with Crippen molar-refractivity contribution in [1.82, 2.24) is 9.38 Å². The van der Waals surface area contributed by atoms with Crippen LogP contribution in [0.5, 0.6) is 0 Å². The summed E-state index contributed by atoms with van der Waals surface area (Å²) in [5.41, 5.74) is 1.55. The predicted molar refractivity (Wildman–Crippen MR) is 50.8 cm³/mol. The molecule has 13 heavy (non-hydrogen) atoms. The minimum atomic E-state index is -0.0116. The first-order valence-corrected chi connectivity index (χ1v) is 4.28. The van der Waals surface area contributed by atoms with Crippen LogP contribution in [-0.2, 0) is 6.42 Å². The summed E-state index contributed by atoms with van der Waals surface area (Å²) < 4.78 is 1.54. The Bertz CT molecular complexity index is 487. The first-order valence-electron chi connectivity index (χ1n) is 4.28. The fourth-order valence-corrected chi connectivity index (χ4v) is 1.28. The van der Waals surface area contributed by atoms with Gasteiger partial charge in [0.15, 0.2) is 0 Å². The first-order chi connectivity index (χ1) is 6.31. The molecule has 0 saturated carbocycles. The highest BCUT2D eigenvalue weighted by Gasteiger charge is 1.98. The zero-order chi connectivity index (χ0) is 9.26. The number of fused-ring (bicyclic) bond motifs is 1. The molecule has 3 heteroatoms. The van der Waals surface area contributed by atoms with E-state index in [1.165, 1.54) is 0 Å². The standard InChI is InChI=1S/C10H10N2O/c1-2-8-7-10(13)12-6-4-3-5-9(12)11-8/h3-7H,2H2,1H3. The van der Waals surface area contributed by atoms with E-state index in [0.29, 0.717) is 5.65 Å². The third kappa shape index (κ3) is 1.33. The molecule has 0 fully saturated rings. The van der Waals surface area contributed by atoms with Crippen LogP contribution in [0, 0.1) is 0 Å². The van der Waals surface area contributed by atoms with Crippen molar-refractivity contribution >= 4 is 5.65 Å². The Morgan fingerprint density at radius 2 is 2.31 bits per heavy atom. The maximum atomic E-state index is 11.5. The van der Waals surface area contributed by atoms with Gasteiger partial charge < -0.3 is 0 Å².